The number of primary amides is 1. The lowest BCUT2D eigenvalue weighted by Gasteiger charge is -2.28. The molecule has 1 amide bonds. The molecule has 5 heteroatoms. The van der Waals surface area contributed by atoms with Crippen molar-refractivity contribution in [3.05, 3.63) is 22.9 Å². The molecule has 1 atom stereocenters. The normalized spacial score (nSPS) is 21.9. The molecule has 20 heavy (non-hydrogen) atoms. The Morgan fingerprint density at radius 1 is 1.35 bits per heavy atom. The molecule has 1 unspecified atom stereocenters. The fourth-order valence-corrected chi connectivity index (χ4v) is 3.38. The van der Waals surface area contributed by atoms with Crippen LogP contribution in [0.3, 0.4) is 0 Å². The number of carbonyl (C=O) groups excluding carboxylic acids is 1. The third-order valence-electron chi connectivity index (χ3n) is 4.47. The Hall–Kier alpha value is -1.62. The summed E-state index contributed by atoms with van der Waals surface area (Å²) in [4.78, 5) is 18.7. The maximum Gasteiger partial charge on any atom is 0.252 e. The summed E-state index contributed by atoms with van der Waals surface area (Å²) in [5.74, 6) is 0.370. The molecule has 4 N–H and O–H groups in total. The van der Waals surface area contributed by atoms with Gasteiger partial charge in [0, 0.05) is 24.8 Å². The van der Waals surface area contributed by atoms with E-state index in [9.17, 15) is 4.79 Å². The minimum atomic E-state index is -0.386. The summed E-state index contributed by atoms with van der Waals surface area (Å²) in [6.07, 6.45) is 6.51. The zero-order chi connectivity index (χ0) is 14.1. The second-order valence-corrected chi connectivity index (χ2v) is 5.76. The predicted molar refractivity (Wildman–Crippen MR) is 78.8 cm³/mol. The van der Waals surface area contributed by atoms with Gasteiger partial charge in [0.25, 0.3) is 5.91 Å². The quantitative estimate of drug-likeness (QED) is 0.860. The van der Waals surface area contributed by atoms with E-state index in [1.165, 1.54) is 18.4 Å². The van der Waals surface area contributed by atoms with Crippen LogP contribution >= 0.6 is 0 Å². The molecule has 1 aliphatic carbocycles. The van der Waals surface area contributed by atoms with Crippen molar-refractivity contribution < 1.29 is 4.79 Å². The van der Waals surface area contributed by atoms with Gasteiger partial charge in [0.15, 0.2) is 0 Å². The van der Waals surface area contributed by atoms with Crippen LogP contribution in [0.15, 0.2) is 6.07 Å². The lowest BCUT2D eigenvalue weighted by Crippen LogP contribution is -2.37. The highest BCUT2D eigenvalue weighted by Crippen LogP contribution is 2.30. The molecule has 5 nitrogen and oxygen atoms in total. The zero-order valence-electron chi connectivity index (χ0n) is 11.8. The topological polar surface area (TPSA) is 85.2 Å². The monoisotopic (exact) mass is 274 g/mol. The molecule has 2 aliphatic rings. The molecule has 0 radical (unpaired) electrons. The number of aromatic nitrogens is 1. The third-order valence-corrected chi connectivity index (χ3v) is 4.47. The van der Waals surface area contributed by atoms with Crippen molar-refractivity contribution >= 4 is 11.7 Å². The number of pyridine rings is 1. The van der Waals surface area contributed by atoms with Crippen molar-refractivity contribution in [2.24, 2.45) is 11.5 Å². The van der Waals surface area contributed by atoms with Crippen LogP contribution in [0, 0.1) is 0 Å². The minimum absolute atomic E-state index is 0.280. The molecule has 0 aromatic carbocycles. The van der Waals surface area contributed by atoms with E-state index in [4.69, 9.17) is 16.5 Å². The standard InChI is InChI=1S/C15H22N4O/c16-9-11-5-3-7-19(11)15-12(14(17)20)8-10-4-1-2-6-13(10)18-15/h8,11H,1-7,9,16H2,(H2,17,20). The maximum atomic E-state index is 11.8. The summed E-state index contributed by atoms with van der Waals surface area (Å²) < 4.78 is 0. The molecule has 0 saturated carbocycles. The molecule has 2 heterocycles. The van der Waals surface area contributed by atoms with Gasteiger partial charge in [0.1, 0.15) is 5.82 Å². The Balaban J connectivity index is 2.05. The second kappa shape index (κ2) is 5.40. The SMILES string of the molecule is NCC1CCCN1c1nc2c(cc1C(N)=O)CCCC2. The maximum absolute atomic E-state index is 11.8. The van der Waals surface area contributed by atoms with E-state index in [-0.39, 0.29) is 11.9 Å². The van der Waals surface area contributed by atoms with Crippen LogP contribution in [0.1, 0.15) is 47.3 Å². The smallest absolute Gasteiger partial charge is 0.252 e. The Morgan fingerprint density at radius 2 is 2.15 bits per heavy atom. The molecule has 1 aliphatic heterocycles. The van der Waals surface area contributed by atoms with Crippen LogP contribution in [0.4, 0.5) is 5.82 Å². The average molecular weight is 274 g/mol. The molecule has 3 rings (SSSR count). The number of anilines is 1. The van der Waals surface area contributed by atoms with Gasteiger partial charge in [-0.2, -0.15) is 0 Å². The fourth-order valence-electron chi connectivity index (χ4n) is 3.38. The first-order chi connectivity index (χ1) is 9.70. The Morgan fingerprint density at radius 3 is 2.90 bits per heavy atom. The molecule has 1 aromatic heterocycles. The lowest BCUT2D eigenvalue weighted by atomic mass is 9.94. The van der Waals surface area contributed by atoms with Gasteiger partial charge in [-0.15, -0.1) is 0 Å². The summed E-state index contributed by atoms with van der Waals surface area (Å²) >= 11 is 0. The van der Waals surface area contributed by atoms with Crippen molar-refractivity contribution in [3.63, 3.8) is 0 Å². The van der Waals surface area contributed by atoms with Crippen LogP contribution in [-0.4, -0.2) is 30.0 Å². The van der Waals surface area contributed by atoms with Gasteiger partial charge in [-0.1, -0.05) is 0 Å². The van der Waals surface area contributed by atoms with Gasteiger partial charge in [-0.3, -0.25) is 4.79 Å². The molecule has 1 saturated heterocycles. The highest BCUT2D eigenvalue weighted by atomic mass is 16.1. The highest BCUT2D eigenvalue weighted by Gasteiger charge is 2.29. The van der Waals surface area contributed by atoms with Crippen molar-refractivity contribution in [1.82, 2.24) is 4.98 Å². The zero-order valence-corrected chi connectivity index (χ0v) is 11.8. The van der Waals surface area contributed by atoms with E-state index < -0.39 is 0 Å². The van der Waals surface area contributed by atoms with Gasteiger partial charge in [0.05, 0.1) is 5.56 Å². The largest absolute Gasteiger partial charge is 0.365 e. The van der Waals surface area contributed by atoms with E-state index in [0.717, 1.165) is 43.7 Å². The number of nitrogens with two attached hydrogens (primary N) is 2. The number of amides is 1. The summed E-state index contributed by atoms with van der Waals surface area (Å²) in [6.45, 7) is 1.50. The van der Waals surface area contributed by atoms with Crippen LogP contribution in [0.25, 0.3) is 0 Å². The number of fused-ring (bicyclic) bond motifs is 1. The van der Waals surface area contributed by atoms with Crippen LogP contribution < -0.4 is 16.4 Å². The van der Waals surface area contributed by atoms with Crippen LogP contribution in [-0.2, 0) is 12.8 Å². The number of carbonyl (C=O) groups is 1. The van der Waals surface area contributed by atoms with Crippen molar-refractivity contribution in [1.29, 1.82) is 0 Å². The second-order valence-electron chi connectivity index (χ2n) is 5.76. The summed E-state index contributed by atoms with van der Waals surface area (Å²) in [6, 6.07) is 2.24. The first-order valence-electron chi connectivity index (χ1n) is 7.50. The summed E-state index contributed by atoms with van der Waals surface area (Å²) in [5.41, 5.74) is 14.3. The number of rotatable bonds is 3. The van der Waals surface area contributed by atoms with E-state index in [1.54, 1.807) is 0 Å². The summed E-state index contributed by atoms with van der Waals surface area (Å²) in [7, 11) is 0. The van der Waals surface area contributed by atoms with Gasteiger partial charge < -0.3 is 16.4 Å². The van der Waals surface area contributed by atoms with E-state index in [2.05, 4.69) is 4.90 Å². The molecule has 1 aromatic rings. The van der Waals surface area contributed by atoms with E-state index in [0.29, 0.717) is 12.1 Å². The fraction of sp³-hybridized carbons (Fsp3) is 0.600. The van der Waals surface area contributed by atoms with Crippen molar-refractivity contribution in [3.8, 4) is 0 Å². The summed E-state index contributed by atoms with van der Waals surface area (Å²) in [5, 5.41) is 0. The first kappa shape index (κ1) is 13.4. The van der Waals surface area contributed by atoms with Gasteiger partial charge in [-0.25, -0.2) is 4.98 Å². The van der Waals surface area contributed by atoms with Crippen LogP contribution in [0.5, 0.6) is 0 Å². The molecule has 0 bridgehead atoms. The minimum Gasteiger partial charge on any atom is -0.365 e. The van der Waals surface area contributed by atoms with Crippen LogP contribution in [0.2, 0.25) is 0 Å². The van der Waals surface area contributed by atoms with Crippen molar-refractivity contribution in [2.45, 2.75) is 44.6 Å². The van der Waals surface area contributed by atoms with Crippen molar-refractivity contribution in [2.75, 3.05) is 18.0 Å². The number of hydrogen-bond acceptors (Lipinski definition) is 4. The Kier molecular flexibility index (Phi) is 3.61. The van der Waals surface area contributed by atoms with Gasteiger partial charge in [-0.05, 0) is 50.2 Å². The number of hydrogen-bond donors (Lipinski definition) is 2. The third kappa shape index (κ3) is 2.26. The Bertz CT molecular complexity index is 529. The van der Waals surface area contributed by atoms with E-state index >= 15 is 0 Å². The van der Waals surface area contributed by atoms with E-state index in [1.807, 2.05) is 6.07 Å². The predicted octanol–water partition coefficient (Wildman–Crippen LogP) is 0.987. The average Bonchev–Trinajstić information content (AvgIpc) is 2.94. The highest BCUT2D eigenvalue weighted by molar-refractivity contribution is 5.98. The molecular formula is C15H22N4O. The first-order valence-corrected chi connectivity index (χ1v) is 7.50. The molecule has 108 valence electrons. The lowest BCUT2D eigenvalue weighted by molar-refractivity contribution is 0.1000. The number of aryl methyl sites for hydroxylation is 2. The van der Waals surface area contributed by atoms with Gasteiger partial charge >= 0.3 is 0 Å². The molecular weight excluding hydrogens is 252 g/mol. The molecule has 1 fully saturated rings. The Labute approximate surface area is 119 Å². The molecule has 0 spiro atoms. The van der Waals surface area contributed by atoms with Gasteiger partial charge in [0.2, 0.25) is 0 Å². The number of nitrogens with zero attached hydrogens (tertiary/aromatic N) is 2.